The van der Waals surface area contributed by atoms with Crippen molar-refractivity contribution in [2.24, 2.45) is 0 Å². The molecule has 1 saturated heterocycles. The van der Waals surface area contributed by atoms with Crippen molar-refractivity contribution in [1.29, 1.82) is 0 Å². The highest BCUT2D eigenvalue weighted by Crippen LogP contribution is 2.50. The van der Waals surface area contributed by atoms with Gasteiger partial charge in [-0.1, -0.05) is 30.4 Å². The Hall–Kier alpha value is -1.32. The van der Waals surface area contributed by atoms with Crippen molar-refractivity contribution in [2.45, 2.75) is 11.8 Å². The lowest BCUT2D eigenvalue weighted by atomic mass is 10.0. The van der Waals surface area contributed by atoms with Crippen LogP contribution < -0.4 is 4.90 Å². The average Bonchev–Trinajstić information content (AvgIpc) is 3.02. The van der Waals surface area contributed by atoms with Gasteiger partial charge in [-0.25, -0.2) is 0 Å². The molecule has 1 aromatic rings. The monoisotopic (exact) mass is 215 g/mol. The number of para-hydroxylation sites is 1. The average molecular weight is 215 g/mol. The number of anilines is 1. The van der Waals surface area contributed by atoms with E-state index >= 15 is 0 Å². The summed E-state index contributed by atoms with van der Waals surface area (Å²) in [4.78, 5) is 2.35. The Labute approximate surface area is 94.3 Å². The molecule has 82 valence electrons. The highest BCUT2D eigenvalue weighted by molar-refractivity contribution is 5.65. The highest BCUT2D eigenvalue weighted by atomic mass is 16.7. The first-order valence-corrected chi connectivity index (χ1v) is 5.72. The summed E-state index contributed by atoms with van der Waals surface area (Å²) in [7, 11) is 0. The molecular formula is C13H13NO2. The van der Waals surface area contributed by atoms with Crippen LogP contribution in [0.15, 0.2) is 36.4 Å². The van der Waals surface area contributed by atoms with E-state index in [1.54, 1.807) is 0 Å². The normalized spacial score (nSPS) is 28.8. The molecule has 1 unspecified atom stereocenters. The van der Waals surface area contributed by atoms with E-state index < -0.39 is 5.79 Å². The molecule has 1 aromatic carbocycles. The first-order chi connectivity index (χ1) is 7.92. The Balaban J connectivity index is 1.95. The number of fused-ring (bicyclic) bond motifs is 5. The predicted molar refractivity (Wildman–Crippen MR) is 60.3 cm³/mol. The summed E-state index contributed by atoms with van der Waals surface area (Å²) in [5.74, 6) is -0.538. The van der Waals surface area contributed by atoms with E-state index in [2.05, 4.69) is 41.3 Å². The molecule has 3 aliphatic heterocycles. The third-order valence-electron chi connectivity index (χ3n) is 3.65. The van der Waals surface area contributed by atoms with Crippen LogP contribution in [0.5, 0.6) is 0 Å². The highest BCUT2D eigenvalue weighted by Gasteiger charge is 2.55. The standard InChI is InChI=1S/C13H13NO2/c1-2-5-11-10(4-1)13(15-8-9-16-13)12-6-3-7-14(11)12/h1-6,12H,7-9H2. The smallest absolute Gasteiger partial charge is 0.221 e. The molecule has 1 fully saturated rings. The number of hydrogen-bond acceptors (Lipinski definition) is 3. The number of nitrogens with zero attached hydrogens (tertiary/aromatic N) is 1. The van der Waals surface area contributed by atoms with Gasteiger partial charge in [0.25, 0.3) is 0 Å². The van der Waals surface area contributed by atoms with Gasteiger partial charge in [0, 0.05) is 17.8 Å². The fraction of sp³-hybridized carbons (Fsp3) is 0.385. The maximum atomic E-state index is 5.93. The molecule has 3 aliphatic rings. The first-order valence-electron chi connectivity index (χ1n) is 5.72. The van der Waals surface area contributed by atoms with Crippen molar-refractivity contribution in [3.05, 3.63) is 42.0 Å². The van der Waals surface area contributed by atoms with Gasteiger partial charge < -0.3 is 14.4 Å². The van der Waals surface area contributed by atoms with E-state index in [9.17, 15) is 0 Å². The molecule has 0 bridgehead atoms. The zero-order valence-electron chi connectivity index (χ0n) is 8.93. The summed E-state index contributed by atoms with van der Waals surface area (Å²) in [6.07, 6.45) is 4.39. The maximum Gasteiger partial charge on any atom is 0.221 e. The van der Waals surface area contributed by atoms with Gasteiger partial charge in [0.1, 0.15) is 6.04 Å². The van der Waals surface area contributed by atoms with E-state index in [4.69, 9.17) is 9.47 Å². The number of ether oxygens (including phenoxy) is 2. The van der Waals surface area contributed by atoms with Gasteiger partial charge in [0.05, 0.1) is 13.2 Å². The fourth-order valence-electron chi connectivity index (χ4n) is 3.03. The zero-order valence-corrected chi connectivity index (χ0v) is 8.93. The number of rotatable bonds is 0. The van der Waals surface area contributed by atoms with Crippen LogP contribution in [0.3, 0.4) is 0 Å². The van der Waals surface area contributed by atoms with Crippen LogP contribution in [0.4, 0.5) is 5.69 Å². The molecule has 16 heavy (non-hydrogen) atoms. The van der Waals surface area contributed by atoms with E-state index in [0.29, 0.717) is 13.2 Å². The minimum atomic E-state index is -0.538. The Bertz CT molecular complexity index is 463. The number of benzene rings is 1. The second kappa shape index (κ2) is 2.87. The molecule has 0 radical (unpaired) electrons. The van der Waals surface area contributed by atoms with Gasteiger partial charge in [-0.3, -0.25) is 0 Å². The van der Waals surface area contributed by atoms with Gasteiger partial charge >= 0.3 is 0 Å². The van der Waals surface area contributed by atoms with Gasteiger partial charge in [-0.05, 0) is 6.07 Å². The Morgan fingerprint density at radius 3 is 2.88 bits per heavy atom. The Morgan fingerprint density at radius 1 is 1.19 bits per heavy atom. The Morgan fingerprint density at radius 2 is 2.00 bits per heavy atom. The first kappa shape index (κ1) is 8.79. The van der Waals surface area contributed by atoms with Gasteiger partial charge in [-0.15, -0.1) is 0 Å². The molecule has 0 N–H and O–H groups in total. The summed E-state index contributed by atoms with van der Waals surface area (Å²) in [5.41, 5.74) is 2.43. The molecule has 3 heterocycles. The minimum absolute atomic E-state index is 0.215. The molecule has 3 nitrogen and oxygen atoms in total. The van der Waals surface area contributed by atoms with Crippen molar-refractivity contribution >= 4 is 5.69 Å². The molecule has 1 spiro atoms. The quantitative estimate of drug-likeness (QED) is 0.614. The van der Waals surface area contributed by atoms with Gasteiger partial charge in [-0.2, -0.15) is 0 Å². The van der Waals surface area contributed by atoms with Crippen molar-refractivity contribution in [3.63, 3.8) is 0 Å². The van der Waals surface area contributed by atoms with Crippen molar-refractivity contribution in [1.82, 2.24) is 0 Å². The van der Waals surface area contributed by atoms with Crippen LogP contribution in [0.1, 0.15) is 5.56 Å². The molecule has 4 rings (SSSR count). The van der Waals surface area contributed by atoms with Crippen LogP contribution >= 0.6 is 0 Å². The molecule has 1 atom stereocenters. The molecule has 0 amide bonds. The summed E-state index contributed by atoms with van der Waals surface area (Å²) in [5, 5.41) is 0. The topological polar surface area (TPSA) is 21.7 Å². The summed E-state index contributed by atoms with van der Waals surface area (Å²) in [6.45, 7) is 2.33. The van der Waals surface area contributed by atoms with Gasteiger partial charge in [0.2, 0.25) is 5.79 Å². The second-order valence-electron chi connectivity index (χ2n) is 4.41. The maximum absolute atomic E-state index is 5.93. The van der Waals surface area contributed by atoms with Crippen LogP contribution in [0.2, 0.25) is 0 Å². The predicted octanol–water partition coefficient (Wildman–Crippen LogP) is 1.64. The zero-order chi connectivity index (χ0) is 10.6. The van der Waals surface area contributed by atoms with Crippen molar-refractivity contribution < 1.29 is 9.47 Å². The molecule has 0 aliphatic carbocycles. The summed E-state index contributed by atoms with van der Waals surface area (Å²) < 4.78 is 11.9. The molecule has 0 aromatic heterocycles. The lowest BCUT2D eigenvalue weighted by molar-refractivity contribution is -0.165. The fourth-order valence-corrected chi connectivity index (χ4v) is 3.03. The lowest BCUT2D eigenvalue weighted by Gasteiger charge is -2.29. The third-order valence-corrected chi connectivity index (χ3v) is 3.65. The van der Waals surface area contributed by atoms with E-state index in [1.807, 2.05) is 0 Å². The molecule has 0 saturated carbocycles. The van der Waals surface area contributed by atoms with Gasteiger partial charge in [0.15, 0.2) is 0 Å². The van der Waals surface area contributed by atoms with Crippen LogP contribution in [0, 0.1) is 0 Å². The van der Waals surface area contributed by atoms with Crippen molar-refractivity contribution in [2.75, 3.05) is 24.7 Å². The van der Waals surface area contributed by atoms with E-state index in [0.717, 1.165) is 6.54 Å². The van der Waals surface area contributed by atoms with Crippen molar-refractivity contribution in [3.8, 4) is 0 Å². The summed E-state index contributed by atoms with van der Waals surface area (Å²) >= 11 is 0. The number of hydrogen-bond donors (Lipinski definition) is 0. The lowest BCUT2D eigenvalue weighted by Crippen LogP contribution is -2.41. The van der Waals surface area contributed by atoms with E-state index in [1.165, 1.54) is 11.3 Å². The largest absolute Gasteiger partial charge is 0.355 e. The molecule has 3 heteroatoms. The van der Waals surface area contributed by atoms with Crippen LogP contribution in [-0.4, -0.2) is 25.8 Å². The molecular weight excluding hydrogens is 202 g/mol. The second-order valence-corrected chi connectivity index (χ2v) is 4.41. The SMILES string of the molecule is C1=CC2N(C1)c1ccccc1C21OCCO1. The minimum Gasteiger partial charge on any atom is -0.355 e. The Kier molecular flexibility index (Phi) is 1.58. The van der Waals surface area contributed by atoms with Crippen LogP contribution in [-0.2, 0) is 15.3 Å². The summed E-state index contributed by atoms with van der Waals surface area (Å²) in [6, 6.07) is 8.61. The van der Waals surface area contributed by atoms with Crippen LogP contribution in [0.25, 0.3) is 0 Å². The third kappa shape index (κ3) is 0.867. The van der Waals surface area contributed by atoms with E-state index in [-0.39, 0.29) is 6.04 Å².